The lowest BCUT2D eigenvalue weighted by molar-refractivity contribution is -0.123. The van der Waals surface area contributed by atoms with Crippen LogP contribution in [0.15, 0.2) is 48.5 Å². The number of alkyl halides is 1. The summed E-state index contributed by atoms with van der Waals surface area (Å²) >= 11 is 0. The van der Waals surface area contributed by atoms with E-state index >= 15 is 0 Å². The minimum atomic E-state index is -1.62. The van der Waals surface area contributed by atoms with Crippen molar-refractivity contribution in [1.29, 1.82) is 0 Å². The number of nitrogens with two attached hydrogens (primary N) is 1. The van der Waals surface area contributed by atoms with Crippen LogP contribution in [0.4, 0.5) is 8.78 Å². The van der Waals surface area contributed by atoms with Gasteiger partial charge in [-0.2, -0.15) is 5.10 Å². The first-order valence-electron chi connectivity index (χ1n) is 14.8. The molecule has 3 aliphatic rings. The zero-order valence-corrected chi connectivity index (χ0v) is 24.7. The van der Waals surface area contributed by atoms with Crippen LogP contribution in [0.25, 0.3) is 22.2 Å². The number of aliphatic hydroxyl groups is 1. The summed E-state index contributed by atoms with van der Waals surface area (Å²) in [5.74, 6) is -1.13. The van der Waals surface area contributed by atoms with Gasteiger partial charge in [0.1, 0.15) is 51.8 Å². The SMILES string of the molecule is COc1cc(C(=O)NCC(O)(c2cc3c(c(-c4ccc(F)cc4)n2)OC[C@]3(C)C(N)=O)C2CC2)cc2cc(C3(F)CC3)nnc12. The number of benzene rings is 2. The number of primary amides is 1. The van der Waals surface area contributed by atoms with E-state index in [1.807, 2.05) is 0 Å². The molecular formula is C33H31F2N5O5. The number of halogens is 2. The highest BCUT2D eigenvalue weighted by atomic mass is 19.1. The van der Waals surface area contributed by atoms with Gasteiger partial charge >= 0.3 is 0 Å². The van der Waals surface area contributed by atoms with E-state index in [9.17, 15) is 23.5 Å². The Morgan fingerprint density at radius 1 is 1.16 bits per heavy atom. The Hall–Kier alpha value is -4.71. The molecule has 0 saturated heterocycles. The van der Waals surface area contributed by atoms with Crippen LogP contribution >= 0.6 is 0 Å². The molecule has 2 amide bonds. The largest absolute Gasteiger partial charge is 0.494 e. The Kier molecular flexibility index (Phi) is 6.55. The average molecular weight is 616 g/mol. The molecule has 2 aromatic carbocycles. The van der Waals surface area contributed by atoms with Gasteiger partial charge in [0.2, 0.25) is 5.91 Å². The molecular weight excluding hydrogens is 584 g/mol. The summed E-state index contributed by atoms with van der Waals surface area (Å²) in [5, 5.41) is 23.7. The van der Waals surface area contributed by atoms with E-state index in [-0.39, 0.29) is 36.0 Å². The Morgan fingerprint density at radius 3 is 2.53 bits per heavy atom. The van der Waals surface area contributed by atoms with Crippen molar-refractivity contribution < 1.29 is 33.0 Å². The van der Waals surface area contributed by atoms with Gasteiger partial charge in [0.05, 0.1) is 19.3 Å². The first-order valence-corrected chi connectivity index (χ1v) is 14.8. The number of ether oxygens (including phenoxy) is 2. The number of rotatable bonds is 9. The second kappa shape index (κ2) is 10.2. The summed E-state index contributed by atoms with van der Waals surface area (Å²) < 4.78 is 39.9. The van der Waals surface area contributed by atoms with Gasteiger partial charge in [-0.1, -0.05) is 0 Å². The second-order valence-electron chi connectivity index (χ2n) is 12.4. The topological polar surface area (TPSA) is 150 Å². The third-order valence-electron chi connectivity index (χ3n) is 9.23. The van der Waals surface area contributed by atoms with E-state index in [1.165, 1.54) is 25.3 Å². The zero-order valence-electron chi connectivity index (χ0n) is 24.7. The number of aromatic nitrogens is 3. The summed E-state index contributed by atoms with van der Waals surface area (Å²) in [6, 6.07) is 12.0. The number of amides is 2. The van der Waals surface area contributed by atoms with Gasteiger partial charge in [-0.25, -0.2) is 13.8 Å². The van der Waals surface area contributed by atoms with Crippen LogP contribution in [-0.4, -0.2) is 52.4 Å². The Labute approximate surface area is 257 Å². The van der Waals surface area contributed by atoms with Crippen molar-refractivity contribution in [2.75, 3.05) is 20.3 Å². The summed E-state index contributed by atoms with van der Waals surface area (Å²) in [4.78, 5) is 30.9. The molecule has 2 aliphatic carbocycles. The van der Waals surface area contributed by atoms with E-state index in [1.54, 1.807) is 37.3 Å². The van der Waals surface area contributed by atoms with Gasteiger partial charge in [0.15, 0.2) is 5.67 Å². The highest BCUT2D eigenvalue weighted by Gasteiger charge is 2.50. The van der Waals surface area contributed by atoms with E-state index in [2.05, 4.69) is 15.5 Å². The maximum atomic E-state index is 14.7. The summed E-state index contributed by atoms with van der Waals surface area (Å²) in [6.07, 6.45) is 2.12. The lowest BCUT2D eigenvalue weighted by Gasteiger charge is -2.30. The number of pyridine rings is 1. The molecule has 12 heteroatoms. The predicted octanol–water partition coefficient (Wildman–Crippen LogP) is 3.96. The monoisotopic (exact) mass is 615 g/mol. The fourth-order valence-corrected chi connectivity index (χ4v) is 5.93. The zero-order chi connectivity index (χ0) is 31.7. The Balaban J connectivity index is 1.25. The summed E-state index contributed by atoms with van der Waals surface area (Å²) in [6.45, 7) is 1.44. The fraction of sp³-hybridized carbons (Fsp3) is 0.364. The van der Waals surface area contributed by atoms with Crippen molar-refractivity contribution in [2.24, 2.45) is 11.7 Å². The average Bonchev–Trinajstić information content (AvgIpc) is 3.98. The van der Waals surface area contributed by atoms with Gasteiger partial charge in [0.25, 0.3) is 5.91 Å². The molecule has 7 rings (SSSR count). The number of methoxy groups -OCH3 is 1. The third-order valence-corrected chi connectivity index (χ3v) is 9.23. The lowest BCUT2D eigenvalue weighted by atomic mass is 9.81. The molecule has 2 saturated carbocycles. The molecule has 0 spiro atoms. The number of carbonyl (C=O) groups excluding carboxylic acids is 2. The number of nitrogens with zero attached hydrogens (tertiary/aromatic N) is 3. The Morgan fingerprint density at radius 2 is 1.89 bits per heavy atom. The van der Waals surface area contributed by atoms with Crippen LogP contribution in [0, 0.1) is 11.7 Å². The molecule has 0 radical (unpaired) electrons. The van der Waals surface area contributed by atoms with Gasteiger partial charge in [-0.15, -0.1) is 5.10 Å². The molecule has 2 atom stereocenters. The summed E-state index contributed by atoms with van der Waals surface area (Å²) in [7, 11) is 1.44. The van der Waals surface area contributed by atoms with E-state index in [4.69, 9.17) is 20.2 Å². The minimum Gasteiger partial charge on any atom is -0.494 e. The Bertz CT molecular complexity index is 1880. The molecule has 232 valence electrons. The van der Waals surface area contributed by atoms with Gasteiger partial charge in [0, 0.05) is 22.1 Å². The van der Waals surface area contributed by atoms with Crippen molar-refractivity contribution in [3.05, 3.63) is 76.9 Å². The molecule has 1 unspecified atom stereocenters. The molecule has 4 aromatic rings. The third kappa shape index (κ3) is 4.84. The highest BCUT2D eigenvalue weighted by Crippen LogP contribution is 2.51. The van der Waals surface area contributed by atoms with Crippen molar-refractivity contribution in [3.8, 4) is 22.8 Å². The van der Waals surface area contributed by atoms with Crippen molar-refractivity contribution >= 4 is 22.7 Å². The smallest absolute Gasteiger partial charge is 0.251 e. The normalized spacial score (nSPS) is 21.0. The molecule has 0 bridgehead atoms. The van der Waals surface area contributed by atoms with Gasteiger partial charge in [-0.05, 0) is 87.1 Å². The molecule has 10 nitrogen and oxygen atoms in total. The van der Waals surface area contributed by atoms with Crippen LogP contribution in [0.3, 0.4) is 0 Å². The quantitative estimate of drug-likeness (QED) is 0.256. The van der Waals surface area contributed by atoms with Crippen molar-refractivity contribution in [2.45, 2.75) is 49.3 Å². The molecule has 45 heavy (non-hydrogen) atoms. The molecule has 3 heterocycles. The number of nitrogens with one attached hydrogen (secondary N) is 1. The molecule has 4 N–H and O–H groups in total. The number of carbonyl (C=O) groups is 2. The fourth-order valence-electron chi connectivity index (χ4n) is 5.93. The number of fused-ring (bicyclic) bond motifs is 2. The molecule has 1 aliphatic heterocycles. The van der Waals surface area contributed by atoms with Crippen LogP contribution in [-0.2, 0) is 21.5 Å². The standard InChI is InChI=1S/C33H31F2N5O5/c1-31(30(36)42)16-45-28-22(31)14-25(38-27(28)17-3-7-21(34)8-4-17)33(43,20-5-6-20)15-37-29(41)19-11-18-13-24(32(35)9-10-32)39-40-26(18)23(12-19)44-2/h3-4,7-8,11-14,20,43H,5-6,9-10,15-16H2,1-2H3,(H2,36,42)(H,37,41)/t31-,33?/m0/s1. The van der Waals surface area contributed by atoms with Crippen molar-refractivity contribution in [3.63, 3.8) is 0 Å². The van der Waals surface area contributed by atoms with Gasteiger partial charge in [-0.3, -0.25) is 9.59 Å². The summed E-state index contributed by atoms with van der Waals surface area (Å²) in [5.41, 5.74) is 3.86. The van der Waals surface area contributed by atoms with Crippen LogP contribution in [0.1, 0.15) is 59.9 Å². The predicted molar refractivity (Wildman–Crippen MR) is 159 cm³/mol. The number of hydrogen-bond acceptors (Lipinski definition) is 8. The maximum absolute atomic E-state index is 14.7. The maximum Gasteiger partial charge on any atom is 0.251 e. The second-order valence-corrected chi connectivity index (χ2v) is 12.4. The van der Waals surface area contributed by atoms with E-state index in [0.29, 0.717) is 64.9 Å². The van der Waals surface area contributed by atoms with Crippen LogP contribution in [0.2, 0.25) is 0 Å². The first kappa shape index (κ1) is 29.0. The van der Waals surface area contributed by atoms with Crippen LogP contribution in [0.5, 0.6) is 11.5 Å². The molecule has 2 aromatic heterocycles. The van der Waals surface area contributed by atoms with Crippen LogP contribution < -0.4 is 20.5 Å². The highest BCUT2D eigenvalue weighted by molar-refractivity contribution is 6.00. The van der Waals surface area contributed by atoms with Gasteiger partial charge < -0.3 is 25.6 Å². The van der Waals surface area contributed by atoms with E-state index in [0.717, 1.165) is 0 Å². The number of hydrogen-bond donors (Lipinski definition) is 3. The first-order chi connectivity index (χ1) is 21.4. The van der Waals surface area contributed by atoms with E-state index < -0.39 is 34.3 Å². The minimum absolute atomic E-state index is 0.0188. The lowest BCUT2D eigenvalue weighted by Crippen LogP contribution is -2.44. The molecule has 2 fully saturated rings. The van der Waals surface area contributed by atoms with Crippen molar-refractivity contribution in [1.82, 2.24) is 20.5 Å².